The highest BCUT2D eigenvalue weighted by molar-refractivity contribution is 7.92. The van der Waals surface area contributed by atoms with Crippen LogP contribution in [0.4, 0.5) is 20.6 Å². The van der Waals surface area contributed by atoms with Gasteiger partial charge < -0.3 is 4.90 Å². The zero-order chi connectivity index (χ0) is 23.6. The second-order valence-electron chi connectivity index (χ2n) is 7.88. The molecule has 1 heterocycles. The molecule has 3 aromatic rings. The average molecular weight is 488 g/mol. The van der Waals surface area contributed by atoms with Gasteiger partial charge in [0.15, 0.2) is 0 Å². The Morgan fingerprint density at radius 3 is 2.48 bits per heavy atom. The number of amides is 2. The highest BCUT2D eigenvalue weighted by Gasteiger charge is 2.30. The van der Waals surface area contributed by atoms with Crippen molar-refractivity contribution in [1.29, 1.82) is 0 Å². The van der Waals surface area contributed by atoms with Gasteiger partial charge in [-0.05, 0) is 61.4 Å². The third-order valence-corrected chi connectivity index (χ3v) is 7.07. The molecule has 0 bridgehead atoms. The standard InChI is InChI=1S/C24H23ClFN3O3S/c1-17-7-12-23(22(15-17)27-33(31,32)20-10-8-19(25)9-11-20)29-14-4-13-28(24(29)30)16-18-5-2-3-6-21(18)26/h2-3,5-12,15,27H,4,13-14,16H2,1H3. The average Bonchev–Trinajstić information content (AvgIpc) is 2.77. The molecule has 0 radical (unpaired) electrons. The monoisotopic (exact) mass is 487 g/mol. The number of urea groups is 1. The molecule has 1 aliphatic heterocycles. The molecular formula is C24H23ClFN3O3S. The summed E-state index contributed by atoms with van der Waals surface area (Å²) in [7, 11) is -3.90. The van der Waals surface area contributed by atoms with Crippen molar-refractivity contribution in [2.24, 2.45) is 0 Å². The predicted molar refractivity (Wildman–Crippen MR) is 128 cm³/mol. The maximum absolute atomic E-state index is 14.1. The van der Waals surface area contributed by atoms with E-state index in [2.05, 4.69) is 4.72 Å². The minimum Gasteiger partial charge on any atom is -0.320 e. The van der Waals surface area contributed by atoms with Crippen LogP contribution < -0.4 is 9.62 Å². The molecule has 2 amide bonds. The van der Waals surface area contributed by atoms with Crippen molar-refractivity contribution >= 4 is 39.0 Å². The van der Waals surface area contributed by atoms with Gasteiger partial charge in [-0.2, -0.15) is 0 Å². The molecule has 0 aromatic heterocycles. The molecule has 9 heteroatoms. The molecule has 1 saturated heterocycles. The molecule has 0 unspecified atom stereocenters. The Hall–Kier alpha value is -3.10. The van der Waals surface area contributed by atoms with Gasteiger partial charge in [0.05, 0.1) is 22.8 Å². The van der Waals surface area contributed by atoms with E-state index >= 15 is 0 Å². The highest BCUT2D eigenvalue weighted by atomic mass is 35.5. The van der Waals surface area contributed by atoms with Gasteiger partial charge in [-0.3, -0.25) is 9.62 Å². The van der Waals surface area contributed by atoms with Crippen molar-refractivity contribution in [3.05, 3.63) is 88.7 Å². The number of sulfonamides is 1. The van der Waals surface area contributed by atoms with Gasteiger partial charge in [0.1, 0.15) is 5.82 Å². The van der Waals surface area contributed by atoms with Gasteiger partial charge in [0.25, 0.3) is 10.0 Å². The van der Waals surface area contributed by atoms with Gasteiger partial charge in [-0.1, -0.05) is 35.9 Å². The quantitative estimate of drug-likeness (QED) is 0.504. The Balaban J connectivity index is 1.63. The van der Waals surface area contributed by atoms with E-state index in [-0.39, 0.29) is 23.3 Å². The lowest BCUT2D eigenvalue weighted by molar-refractivity contribution is 0.192. The molecule has 33 heavy (non-hydrogen) atoms. The third-order valence-electron chi connectivity index (χ3n) is 5.44. The summed E-state index contributed by atoms with van der Waals surface area (Å²) in [5.41, 5.74) is 2.01. The summed E-state index contributed by atoms with van der Waals surface area (Å²) in [5, 5.41) is 0.430. The van der Waals surface area contributed by atoms with E-state index in [0.717, 1.165) is 5.56 Å². The first-order valence-corrected chi connectivity index (χ1v) is 12.3. The lowest BCUT2D eigenvalue weighted by Crippen LogP contribution is -2.49. The molecule has 0 spiro atoms. The number of benzene rings is 3. The summed E-state index contributed by atoms with van der Waals surface area (Å²) in [6.45, 7) is 2.89. The molecule has 3 aromatic carbocycles. The van der Waals surface area contributed by atoms with Crippen LogP contribution in [-0.4, -0.2) is 32.4 Å². The van der Waals surface area contributed by atoms with Crippen molar-refractivity contribution in [3.8, 4) is 0 Å². The number of hydrogen-bond donors (Lipinski definition) is 1. The van der Waals surface area contributed by atoms with Crippen LogP contribution in [-0.2, 0) is 16.6 Å². The number of rotatable bonds is 6. The van der Waals surface area contributed by atoms with E-state index in [9.17, 15) is 17.6 Å². The SMILES string of the molecule is Cc1ccc(N2CCCN(Cc3ccccc3F)C2=O)c(NS(=O)(=O)c2ccc(Cl)cc2)c1. The van der Waals surface area contributed by atoms with E-state index < -0.39 is 10.0 Å². The summed E-state index contributed by atoms with van der Waals surface area (Å²) in [4.78, 5) is 16.4. The van der Waals surface area contributed by atoms with Crippen molar-refractivity contribution in [2.45, 2.75) is 24.8 Å². The summed E-state index contributed by atoms with van der Waals surface area (Å²) in [6, 6.07) is 17.1. The maximum Gasteiger partial charge on any atom is 0.324 e. The summed E-state index contributed by atoms with van der Waals surface area (Å²) >= 11 is 5.88. The van der Waals surface area contributed by atoms with Crippen molar-refractivity contribution in [3.63, 3.8) is 0 Å². The normalized spacial score (nSPS) is 14.5. The summed E-state index contributed by atoms with van der Waals surface area (Å²) in [6.07, 6.45) is 0.664. The zero-order valence-electron chi connectivity index (χ0n) is 18.0. The van der Waals surface area contributed by atoms with Gasteiger partial charge in [0.2, 0.25) is 0 Å². The number of hydrogen-bond acceptors (Lipinski definition) is 3. The summed E-state index contributed by atoms with van der Waals surface area (Å²) < 4.78 is 42.7. The van der Waals surface area contributed by atoms with Gasteiger partial charge in [-0.25, -0.2) is 17.6 Å². The Morgan fingerprint density at radius 2 is 1.76 bits per heavy atom. The van der Waals surface area contributed by atoms with E-state index in [0.29, 0.717) is 41.5 Å². The van der Waals surface area contributed by atoms with Crippen LogP contribution in [0.5, 0.6) is 0 Å². The molecule has 6 nitrogen and oxygen atoms in total. The van der Waals surface area contributed by atoms with E-state index in [1.54, 1.807) is 35.2 Å². The third kappa shape index (κ3) is 5.12. The molecule has 0 saturated carbocycles. The van der Waals surface area contributed by atoms with Crippen LogP contribution in [0.3, 0.4) is 0 Å². The molecule has 0 aliphatic carbocycles. The fraction of sp³-hybridized carbons (Fsp3) is 0.208. The number of aryl methyl sites for hydroxylation is 1. The smallest absolute Gasteiger partial charge is 0.320 e. The predicted octanol–water partition coefficient (Wildman–Crippen LogP) is 5.42. The fourth-order valence-electron chi connectivity index (χ4n) is 3.77. The van der Waals surface area contributed by atoms with Crippen LogP contribution in [0, 0.1) is 12.7 Å². The summed E-state index contributed by atoms with van der Waals surface area (Å²) in [5.74, 6) is -0.367. The molecule has 1 fully saturated rings. The number of halogens is 2. The minimum absolute atomic E-state index is 0.0607. The maximum atomic E-state index is 14.1. The van der Waals surface area contributed by atoms with E-state index in [1.165, 1.54) is 35.2 Å². The molecule has 172 valence electrons. The number of carbonyl (C=O) groups is 1. The fourth-order valence-corrected chi connectivity index (χ4v) is 4.96. The molecule has 0 atom stereocenters. The number of nitrogens with zero attached hydrogens (tertiary/aromatic N) is 2. The second kappa shape index (κ2) is 9.41. The minimum atomic E-state index is -3.90. The van der Waals surface area contributed by atoms with Crippen LogP contribution in [0.25, 0.3) is 0 Å². The van der Waals surface area contributed by atoms with Gasteiger partial charge in [-0.15, -0.1) is 0 Å². The first-order chi connectivity index (χ1) is 15.7. The number of anilines is 2. The first kappa shape index (κ1) is 23.1. The molecule has 4 rings (SSSR count). The van der Waals surface area contributed by atoms with Gasteiger partial charge >= 0.3 is 6.03 Å². The second-order valence-corrected chi connectivity index (χ2v) is 10.00. The Kier molecular flexibility index (Phi) is 6.58. The van der Waals surface area contributed by atoms with Crippen molar-refractivity contribution < 1.29 is 17.6 Å². The Bertz CT molecular complexity index is 1280. The largest absolute Gasteiger partial charge is 0.324 e. The number of carbonyl (C=O) groups excluding carboxylic acids is 1. The van der Waals surface area contributed by atoms with Crippen molar-refractivity contribution in [2.75, 3.05) is 22.7 Å². The lowest BCUT2D eigenvalue weighted by atomic mass is 10.1. The molecule has 1 aliphatic rings. The van der Waals surface area contributed by atoms with Crippen LogP contribution in [0.15, 0.2) is 71.6 Å². The topological polar surface area (TPSA) is 69.7 Å². The molecule has 1 N–H and O–H groups in total. The Morgan fingerprint density at radius 1 is 1.03 bits per heavy atom. The first-order valence-electron chi connectivity index (χ1n) is 10.4. The van der Waals surface area contributed by atoms with Crippen LogP contribution >= 0.6 is 11.6 Å². The van der Waals surface area contributed by atoms with Crippen molar-refractivity contribution in [1.82, 2.24) is 4.90 Å². The van der Waals surface area contributed by atoms with Crippen LogP contribution in [0.2, 0.25) is 5.02 Å². The molecular weight excluding hydrogens is 465 g/mol. The van der Waals surface area contributed by atoms with Crippen LogP contribution in [0.1, 0.15) is 17.5 Å². The van der Waals surface area contributed by atoms with Gasteiger partial charge in [0, 0.05) is 23.7 Å². The van der Waals surface area contributed by atoms with E-state index in [1.807, 2.05) is 13.0 Å². The number of nitrogens with one attached hydrogen (secondary N) is 1. The van der Waals surface area contributed by atoms with E-state index in [4.69, 9.17) is 11.6 Å². The lowest BCUT2D eigenvalue weighted by Gasteiger charge is -2.36. The Labute approximate surface area is 197 Å². The highest BCUT2D eigenvalue weighted by Crippen LogP contribution is 2.32. The zero-order valence-corrected chi connectivity index (χ0v) is 19.5.